The van der Waals surface area contributed by atoms with E-state index >= 15 is 0 Å². The maximum absolute atomic E-state index is 14.0. The third-order valence-electron chi connectivity index (χ3n) is 11.5. The standard InChI is InChI=1S/C42H62F26NO6P/c1-69(2,3)24-27-74-76(70,71)75-29-30(73-26-21-17-13-9-5-7-11-15-19-23-32(45,46)34(49,50)36(53,54)38(57,58)40(61,62)42(66,67)68)28-72-25-20-16-12-8-4-6-10-14-18-22-31(43,44)33(47,48)35(51,52)37(55,56)39(59,60)41(63,64)65/h30H,4-29H2,1-3H3/t30-/m0/s1. The van der Waals surface area contributed by atoms with E-state index in [-0.39, 0.29) is 65.0 Å². The molecule has 0 bridgehead atoms. The number of hydrogen-bond acceptors (Lipinski definition) is 6. The summed E-state index contributed by atoms with van der Waals surface area (Å²) in [6.07, 6.45) is -17.7. The van der Waals surface area contributed by atoms with Gasteiger partial charge < -0.3 is 27.9 Å². The van der Waals surface area contributed by atoms with Crippen molar-refractivity contribution in [1.82, 2.24) is 0 Å². The van der Waals surface area contributed by atoms with Crippen molar-refractivity contribution in [2.45, 2.75) is 206 Å². The topological polar surface area (TPSA) is 77.1 Å². The normalized spacial score (nSPS) is 16.1. The molecule has 1 unspecified atom stereocenters. The number of halogens is 26. The summed E-state index contributed by atoms with van der Waals surface area (Å²) in [6, 6.07) is 0. The SMILES string of the molecule is C[N+](C)(C)CCOP(=O)([O-])OC[C@H](COCCCCCCCCCCCC(F)(F)C(F)(F)C(F)(F)C(F)(F)C(F)(F)C(F)(F)F)OCCCCCCCCCCCC(F)(F)C(F)(F)C(F)(F)C(F)(F)C(F)(F)C(F)(F)F. The molecule has 458 valence electrons. The Morgan fingerprint density at radius 3 is 0.974 bits per heavy atom. The summed E-state index contributed by atoms with van der Waals surface area (Å²) in [5.41, 5.74) is 0. The molecule has 76 heavy (non-hydrogen) atoms. The zero-order chi connectivity index (χ0) is 59.8. The van der Waals surface area contributed by atoms with Crippen LogP contribution in [0.2, 0.25) is 0 Å². The number of hydrogen-bond donors (Lipinski definition) is 0. The zero-order valence-electron chi connectivity index (χ0n) is 41.1. The number of likely N-dealkylation sites (N-methyl/N-ethyl adjacent to an activating group) is 1. The van der Waals surface area contributed by atoms with E-state index in [2.05, 4.69) is 0 Å². The molecule has 0 aromatic carbocycles. The van der Waals surface area contributed by atoms with Crippen molar-refractivity contribution in [3.63, 3.8) is 0 Å². The first kappa shape index (κ1) is 74.2. The summed E-state index contributed by atoms with van der Waals surface area (Å²) in [7, 11) is 0.522. The van der Waals surface area contributed by atoms with E-state index in [9.17, 15) is 124 Å². The van der Waals surface area contributed by atoms with E-state index < -0.39 is 118 Å². The fraction of sp³-hybridized carbons (Fsp3) is 1.00. The fourth-order valence-electron chi connectivity index (χ4n) is 6.64. The number of nitrogens with zero attached hydrogens (tertiary/aromatic N) is 1. The molecular weight excluding hydrogens is 1140 g/mol. The molecule has 34 heteroatoms. The van der Waals surface area contributed by atoms with Gasteiger partial charge in [-0.2, -0.15) is 114 Å². The summed E-state index contributed by atoms with van der Waals surface area (Å²) in [5, 5.41) is 0. The summed E-state index contributed by atoms with van der Waals surface area (Å²) in [6.45, 7) is -0.433. The lowest BCUT2D eigenvalue weighted by atomic mass is 9.91. The monoisotopic (exact) mass is 1200 g/mol. The Labute approximate surface area is 421 Å². The van der Waals surface area contributed by atoms with Crippen molar-refractivity contribution in [2.75, 3.05) is 60.7 Å². The van der Waals surface area contributed by atoms with Crippen LogP contribution in [0, 0.1) is 0 Å². The predicted molar refractivity (Wildman–Crippen MR) is 217 cm³/mol. The van der Waals surface area contributed by atoms with Gasteiger partial charge in [-0.15, -0.1) is 0 Å². The highest BCUT2D eigenvalue weighted by Gasteiger charge is 2.92. The highest BCUT2D eigenvalue weighted by atomic mass is 31.2. The van der Waals surface area contributed by atoms with Gasteiger partial charge >= 0.3 is 71.6 Å². The first-order chi connectivity index (χ1) is 34.0. The minimum atomic E-state index is -7.95. The third kappa shape index (κ3) is 20.0. The molecule has 0 aromatic rings. The second-order valence-corrected chi connectivity index (χ2v) is 20.4. The van der Waals surface area contributed by atoms with E-state index in [1.54, 1.807) is 21.1 Å². The molecule has 0 N–H and O–H groups in total. The molecule has 2 atom stereocenters. The second kappa shape index (κ2) is 28.7. The van der Waals surface area contributed by atoms with Gasteiger partial charge in [0, 0.05) is 26.1 Å². The molecular formula is C42H62F26NO6P. The minimum Gasteiger partial charge on any atom is -0.756 e. The van der Waals surface area contributed by atoms with Crippen LogP contribution >= 0.6 is 7.82 Å². The molecule has 0 aromatic heterocycles. The number of phosphoric ester groups is 1. The van der Waals surface area contributed by atoms with Crippen molar-refractivity contribution < 1.29 is 147 Å². The highest BCUT2D eigenvalue weighted by Crippen LogP contribution is 2.62. The zero-order valence-corrected chi connectivity index (χ0v) is 42.0. The smallest absolute Gasteiger partial charge is 0.460 e. The Bertz CT molecular complexity index is 1710. The molecule has 0 saturated carbocycles. The van der Waals surface area contributed by atoms with Gasteiger partial charge in [0.2, 0.25) is 0 Å². The molecule has 0 heterocycles. The van der Waals surface area contributed by atoms with E-state index in [4.69, 9.17) is 18.5 Å². The Kier molecular flexibility index (Phi) is 28.0. The Morgan fingerprint density at radius 1 is 0.368 bits per heavy atom. The van der Waals surface area contributed by atoms with E-state index in [1.807, 2.05) is 0 Å². The molecule has 0 aliphatic heterocycles. The van der Waals surface area contributed by atoms with Crippen LogP contribution < -0.4 is 4.89 Å². The van der Waals surface area contributed by atoms with E-state index in [0.29, 0.717) is 75.2 Å². The van der Waals surface area contributed by atoms with Gasteiger partial charge in [0.15, 0.2) is 0 Å². The molecule has 0 amide bonds. The molecule has 0 rings (SSSR count). The van der Waals surface area contributed by atoms with Gasteiger partial charge in [-0.3, -0.25) is 4.57 Å². The largest absolute Gasteiger partial charge is 0.756 e. The van der Waals surface area contributed by atoms with Gasteiger partial charge in [0.1, 0.15) is 19.3 Å². The summed E-state index contributed by atoms with van der Waals surface area (Å²) in [4.78, 5) is 12.3. The second-order valence-electron chi connectivity index (χ2n) is 19.0. The average Bonchev–Trinajstić information content (AvgIpc) is 3.25. The van der Waals surface area contributed by atoms with Gasteiger partial charge in [-0.1, -0.05) is 89.9 Å². The van der Waals surface area contributed by atoms with Crippen molar-refractivity contribution in [3.8, 4) is 0 Å². The molecule has 0 aliphatic rings. The Morgan fingerprint density at radius 2 is 0.658 bits per heavy atom. The quantitative estimate of drug-likeness (QED) is 0.0262. The molecule has 0 aliphatic carbocycles. The highest BCUT2D eigenvalue weighted by molar-refractivity contribution is 7.45. The Balaban J connectivity index is 4.81. The van der Waals surface area contributed by atoms with Crippen LogP contribution in [-0.2, 0) is 23.1 Å². The van der Waals surface area contributed by atoms with Crippen LogP contribution in [0.3, 0.4) is 0 Å². The molecule has 0 saturated heterocycles. The maximum atomic E-state index is 14.0. The van der Waals surface area contributed by atoms with E-state index in [1.165, 1.54) is 0 Å². The van der Waals surface area contributed by atoms with Crippen molar-refractivity contribution in [1.29, 1.82) is 0 Å². The lowest BCUT2D eigenvalue weighted by Crippen LogP contribution is -2.70. The van der Waals surface area contributed by atoms with Crippen LogP contribution in [0.15, 0.2) is 0 Å². The van der Waals surface area contributed by atoms with Gasteiger partial charge in [-0.25, -0.2) is 0 Å². The van der Waals surface area contributed by atoms with Gasteiger partial charge in [0.05, 0.1) is 34.4 Å². The van der Waals surface area contributed by atoms with Crippen molar-refractivity contribution in [3.05, 3.63) is 0 Å². The average molecular weight is 1200 g/mol. The minimum absolute atomic E-state index is 0.0233. The first-order valence-corrected chi connectivity index (χ1v) is 25.0. The van der Waals surface area contributed by atoms with Crippen LogP contribution in [0.25, 0.3) is 0 Å². The van der Waals surface area contributed by atoms with Crippen LogP contribution in [0.1, 0.15) is 128 Å². The molecule has 0 radical (unpaired) electrons. The van der Waals surface area contributed by atoms with Crippen LogP contribution in [0.5, 0.6) is 0 Å². The number of unbranched alkanes of at least 4 members (excludes halogenated alkanes) is 16. The first-order valence-electron chi connectivity index (χ1n) is 23.5. The fourth-order valence-corrected chi connectivity index (χ4v) is 7.37. The predicted octanol–water partition coefficient (Wildman–Crippen LogP) is 15.9. The van der Waals surface area contributed by atoms with Crippen LogP contribution in [-0.4, -0.2) is 143 Å². The number of phosphoric acid groups is 1. The number of alkyl halides is 26. The number of rotatable bonds is 42. The lowest BCUT2D eigenvalue weighted by molar-refractivity contribution is -0.870. The summed E-state index contributed by atoms with van der Waals surface area (Å²) >= 11 is 0. The van der Waals surface area contributed by atoms with Gasteiger partial charge in [-0.05, 0) is 25.7 Å². The van der Waals surface area contributed by atoms with Crippen LogP contribution in [0.4, 0.5) is 114 Å². The van der Waals surface area contributed by atoms with E-state index in [0.717, 1.165) is 0 Å². The molecule has 0 fully saturated rings. The summed E-state index contributed by atoms with van der Waals surface area (Å²) in [5.74, 6) is -74.0. The maximum Gasteiger partial charge on any atom is 0.460 e. The van der Waals surface area contributed by atoms with Crippen molar-refractivity contribution >= 4 is 7.82 Å². The number of quaternary nitrogens is 1. The molecule has 7 nitrogen and oxygen atoms in total. The Hall–Kier alpha value is -1.83. The summed E-state index contributed by atoms with van der Waals surface area (Å²) < 4.78 is 379. The van der Waals surface area contributed by atoms with Gasteiger partial charge in [0.25, 0.3) is 7.82 Å². The third-order valence-corrected chi connectivity index (χ3v) is 12.5. The lowest BCUT2D eigenvalue weighted by Gasteiger charge is -2.39. The van der Waals surface area contributed by atoms with Crippen molar-refractivity contribution in [2.24, 2.45) is 0 Å². The molecule has 0 spiro atoms. The number of ether oxygens (including phenoxy) is 2.